The van der Waals surface area contributed by atoms with E-state index in [1.807, 2.05) is 53.2 Å². The number of aryl methyl sites for hydroxylation is 1. The van der Waals surface area contributed by atoms with Gasteiger partial charge in [-0.2, -0.15) is 11.8 Å². The van der Waals surface area contributed by atoms with E-state index in [2.05, 4.69) is 0 Å². The summed E-state index contributed by atoms with van der Waals surface area (Å²) < 4.78 is 5.73. The van der Waals surface area contributed by atoms with E-state index in [0.29, 0.717) is 6.42 Å². The molecule has 2 aromatic heterocycles. The Balaban J connectivity index is 1.76. The number of thiophene rings is 1. The summed E-state index contributed by atoms with van der Waals surface area (Å²) >= 11 is 3.53. The van der Waals surface area contributed by atoms with Gasteiger partial charge in [0.2, 0.25) is 5.91 Å². The van der Waals surface area contributed by atoms with Gasteiger partial charge in [-0.25, -0.2) is 0 Å². The molecule has 3 heterocycles. The van der Waals surface area contributed by atoms with E-state index in [4.69, 9.17) is 4.42 Å². The molecule has 0 spiro atoms. The first kappa shape index (κ1) is 13.8. The highest BCUT2D eigenvalue weighted by Crippen LogP contribution is 2.31. The highest BCUT2D eigenvalue weighted by atomic mass is 32.2. The summed E-state index contributed by atoms with van der Waals surface area (Å²) in [7, 11) is 0. The zero-order valence-electron chi connectivity index (χ0n) is 11.4. The molecule has 1 fully saturated rings. The lowest BCUT2D eigenvalue weighted by Crippen LogP contribution is -2.41. The minimum atomic E-state index is 0.0786. The van der Waals surface area contributed by atoms with Gasteiger partial charge < -0.3 is 9.32 Å². The number of hydrogen-bond donors (Lipinski definition) is 0. The number of furan rings is 1. The van der Waals surface area contributed by atoms with E-state index < -0.39 is 0 Å². The van der Waals surface area contributed by atoms with Gasteiger partial charge in [-0.15, -0.1) is 11.3 Å². The predicted molar refractivity (Wildman–Crippen MR) is 83.2 cm³/mol. The summed E-state index contributed by atoms with van der Waals surface area (Å²) in [6.07, 6.45) is 0.499. The molecule has 3 nitrogen and oxygen atoms in total. The minimum absolute atomic E-state index is 0.0786. The van der Waals surface area contributed by atoms with Crippen molar-refractivity contribution < 1.29 is 9.21 Å². The molecular weight excluding hydrogens is 290 g/mol. The van der Waals surface area contributed by atoms with Crippen molar-refractivity contribution in [1.82, 2.24) is 4.90 Å². The van der Waals surface area contributed by atoms with E-state index in [-0.39, 0.29) is 11.9 Å². The van der Waals surface area contributed by atoms with Crippen LogP contribution in [-0.2, 0) is 11.2 Å². The molecule has 1 atom stereocenters. The van der Waals surface area contributed by atoms with Crippen LogP contribution >= 0.6 is 23.1 Å². The second kappa shape index (κ2) is 6.06. The predicted octanol–water partition coefficient (Wildman–Crippen LogP) is 3.51. The average molecular weight is 307 g/mol. The Morgan fingerprint density at radius 2 is 2.35 bits per heavy atom. The smallest absolute Gasteiger partial charge is 0.228 e. The van der Waals surface area contributed by atoms with Crippen molar-refractivity contribution in [1.29, 1.82) is 0 Å². The third-order valence-electron chi connectivity index (χ3n) is 3.44. The molecule has 0 bridgehead atoms. The number of hydrogen-bond acceptors (Lipinski definition) is 4. The summed E-state index contributed by atoms with van der Waals surface area (Å²) in [5, 5.41) is 2.02. The van der Waals surface area contributed by atoms with Crippen LogP contribution in [-0.4, -0.2) is 28.9 Å². The van der Waals surface area contributed by atoms with Crippen molar-refractivity contribution in [2.24, 2.45) is 0 Å². The van der Waals surface area contributed by atoms with Crippen molar-refractivity contribution in [3.05, 3.63) is 46.0 Å². The van der Waals surface area contributed by atoms with Gasteiger partial charge in [0.15, 0.2) is 0 Å². The molecule has 2 aromatic rings. The summed E-state index contributed by atoms with van der Waals surface area (Å²) in [5.74, 6) is 3.94. The summed E-state index contributed by atoms with van der Waals surface area (Å²) in [6.45, 7) is 2.75. The van der Waals surface area contributed by atoms with Crippen LogP contribution in [0.5, 0.6) is 0 Å². The normalized spacial score (nSPS) is 19.2. The fraction of sp³-hybridized carbons (Fsp3) is 0.400. The topological polar surface area (TPSA) is 33.5 Å². The summed E-state index contributed by atoms with van der Waals surface area (Å²) in [6, 6.07) is 8.06. The van der Waals surface area contributed by atoms with Crippen molar-refractivity contribution in [2.45, 2.75) is 19.4 Å². The molecule has 0 unspecified atom stereocenters. The van der Waals surface area contributed by atoms with Crippen LogP contribution in [0.4, 0.5) is 0 Å². The third kappa shape index (κ3) is 2.94. The molecular formula is C15H17NO2S2. The number of amides is 1. The Morgan fingerprint density at radius 1 is 1.45 bits per heavy atom. The lowest BCUT2D eigenvalue weighted by Gasteiger charge is -2.34. The molecule has 106 valence electrons. The molecule has 0 aromatic carbocycles. The number of thioether (sulfide) groups is 1. The van der Waals surface area contributed by atoms with Crippen LogP contribution in [0.3, 0.4) is 0 Å². The zero-order chi connectivity index (χ0) is 13.9. The van der Waals surface area contributed by atoms with Gasteiger partial charge in [-0.1, -0.05) is 6.07 Å². The SMILES string of the molecule is Cc1ccc([C@@H]2CSCCN2C(=O)Cc2cccs2)o1. The molecule has 0 N–H and O–H groups in total. The summed E-state index contributed by atoms with van der Waals surface area (Å²) in [4.78, 5) is 15.6. The van der Waals surface area contributed by atoms with Crippen LogP contribution in [0.15, 0.2) is 34.1 Å². The molecule has 1 aliphatic rings. The monoisotopic (exact) mass is 307 g/mol. The molecule has 0 radical (unpaired) electrons. The highest BCUT2D eigenvalue weighted by Gasteiger charge is 2.30. The fourth-order valence-electron chi connectivity index (χ4n) is 2.43. The largest absolute Gasteiger partial charge is 0.464 e. The molecule has 3 rings (SSSR count). The molecule has 0 aliphatic carbocycles. The van der Waals surface area contributed by atoms with Gasteiger partial charge in [-0.05, 0) is 30.5 Å². The first-order valence-corrected chi connectivity index (χ1v) is 8.73. The van der Waals surface area contributed by atoms with Crippen molar-refractivity contribution in [2.75, 3.05) is 18.1 Å². The van der Waals surface area contributed by atoms with Gasteiger partial charge in [0, 0.05) is 22.9 Å². The van der Waals surface area contributed by atoms with Crippen LogP contribution in [0.1, 0.15) is 22.4 Å². The Hall–Kier alpha value is -1.20. The average Bonchev–Trinajstić information content (AvgIpc) is 3.10. The Bertz CT molecular complexity index is 576. The fourth-order valence-corrected chi connectivity index (χ4v) is 4.19. The van der Waals surface area contributed by atoms with Gasteiger partial charge in [0.25, 0.3) is 0 Å². The second-order valence-corrected chi connectivity index (χ2v) is 7.06. The highest BCUT2D eigenvalue weighted by molar-refractivity contribution is 7.99. The molecule has 1 amide bonds. The van der Waals surface area contributed by atoms with E-state index in [1.54, 1.807) is 11.3 Å². The molecule has 5 heteroatoms. The zero-order valence-corrected chi connectivity index (χ0v) is 13.0. The molecule has 1 aliphatic heterocycles. The van der Waals surface area contributed by atoms with E-state index in [1.165, 1.54) is 0 Å². The second-order valence-electron chi connectivity index (χ2n) is 4.88. The Kier molecular flexibility index (Phi) is 4.17. The van der Waals surface area contributed by atoms with Gasteiger partial charge in [-0.3, -0.25) is 4.79 Å². The number of rotatable bonds is 3. The van der Waals surface area contributed by atoms with Gasteiger partial charge >= 0.3 is 0 Å². The number of carbonyl (C=O) groups excluding carboxylic acids is 1. The summed E-state index contributed by atoms with van der Waals surface area (Å²) in [5.41, 5.74) is 0. The van der Waals surface area contributed by atoms with Crippen molar-refractivity contribution in [3.63, 3.8) is 0 Å². The van der Waals surface area contributed by atoms with Crippen LogP contribution in [0.25, 0.3) is 0 Å². The molecule has 1 saturated heterocycles. The lowest BCUT2D eigenvalue weighted by atomic mass is 10.2. The van der Waals surface area contributed by atoms with E-state index in [9.17, 15) is 4.79 Å². The Morgan fingerprint density at radius 3 is 3.05 bits per heavy atom. The number of carbonyl (C=O) groups is 1. The maximum absolute atomic E-state index is 12.5. The van der Waals surface area contributed by atoms with Gasteiger partial charge in [0.05, 0.1) is 12.5 Å². The lowest BCUT2D eigenvalue weighted by molar-refractivity contribution is -0.132. The Labute approximate surface area is 127 Å². The first-order valence-electron chi connectivity index (χ1n) is 6.70. The maximum Gasteiger partial charge on any atom is 0.228 e. The number of nitrogens with zero attached hydrogens (tertiary/aromatic N) is 1. The van der Waals surface area contributed by atoms with Crippen LogP contribution in [0.2, 0.25) is 0 Å². The molecule has 20 heavy (non-hydrogen) atoms. The van der Waals surface area contributed by atoms with Crippen LogP contribution < -0.4 is 0 Å². The first-order chi connectivity index (χ1) is 9.74. The quantitative estimate of drug-likeness (QED) is 0.870. The third-order valence-corrected chi connectivity index (χ3v) is 5.34. The standard InChI is InChI=1S/C15H17NO2S2/c1-11-4-5-14(18-11)13-10-19-8-6-16(13)15(17)9-12-3-2-7-20-12/h2-5,7,13H,6,8-10H2,1H3/t13-/m0/s1. The van der Waals surface area contributed by atoms with Crippen molar-refractivity contribution in [3.8, 4) is 0 Å². The maximum atomic E-state index is 12.5. The van der Waals surface area contributed by atoms with E-state index >= 15 is 0 Å². The van der Waals surface area contributed by atoms with Crippen molar-refractivity contribution >= 4 is 29.0 Å². The van der Waals surface area contributed by atoms with Gasteiger partial charge in [0.1, 0.15) is 11.5 Å². The van der Waals surface area contributed by atoms with Crippen LogP contribution in [0, 0.1) is 6.92 Å². The minimum Gasteiger partial charge on any atom is -0.464 e. The molecule has 0 saturated carbocycles. The van der Waals surface area contributed by atoms with E-state index in [0.717, 1.165) is 34.4 Å².